The van der Waals surface area contributed by atoms with E-state index in [1.165, 1.54) is 7.11 Å². The Bertz CT molecular complexity index is 1130. The number of aliphatic carboxylic acids is 1. The quantitative estimate of drug-likeness (QED) is 0.412. The maximum atomic E-state index is 12.9. The van der Waals surface area contributed by atoms with Gasteiger partial charge in [-0.15, -0.1) is 0 Å². The molecule has 7 heteroatoms. The number of carboxylic acids is 1. The molecule has 0 saturated heterocycles. The Hall–Kier alpha value is -4.00. The number of methoxy groups -OCH3 is 2. The molecule has 0 aliphatic carbocycles. The normalized spacial score (nSPS) is 11.4. The molecule has 3 aromatic carbocycles. The van der Waals surface area contributed by atoms with Gasteiger partial charge in [0.25, 0.3) is 5.91 Å². The highest BCUT2D eigenvalue weighted by Gasteiger charge is 2.18. The molecule has 0 fully saturated rings. The van der Waals surface area contributed by atoms with Crippen LogP contribution in [0.4, 0.5) is 0 Å². The zero-order chi connectivity index (χ0) is 24.5. The first-order valence-corrected chi connectivity index (χ1v) is 11.0. The summed E-state index contributed by atoms with van der Waals surface area (Å²) in [5.41, 5.74) is 2.04. The Morgan fingerprint density at radius 2 is 1.53 bits per heavy atom. The lowest BCUT2D eigenvalue weighted by Gasteiger charge is -2.14. The molecule has 7 nitrogen and oxygen atoms in total. The summed E-state index contributed by atoms with van der Waals surface area (Å²) in [4.78, 5) is 24.2. The van der Waals surface area contributed by atoms with E-state index in [2.05, 4.69) is 5.32 Å². The monoisotopic (exact) mass is 463 g/mol. The minimum Gasteiger partial charge on any atom is -0.496 e. The van der Waals surface area contributed by atoms with Crippen molar-refractivity contribution in [3.8, 4) is 23.0 Å². The van der Waals surface area contributed by atoms with Crippen LogP contribution in [-0.4, -0.2) is 31.2 Å². The predicted octanol–water partition coefficient (Wildman–Crippen LogP) is 5.08. The standard InChI is InChI=1S/C27H29NO6/c1-4-20(27(30)31)15-19-11-14-23(32-2)22(16-19)26(29)28-17-18-9-12-21(13-10-18)34-25-8-6-5-7-24(25)33-3/h5-14,16,20H,4,15,17H2,1-3H3,(H,28,29)(H,30,31)/t20-/m1/s1. The molecule has 34 heavy (non-hydrogen) atoms. The third-order valence-electron chi connectivity index (χ3n) is 5.51. The third kappa shape index (κ3) is 6.28. The van der Waals surface area contributed by atoms with E-state index in [9.17, 15) is 14.7 Å². The largest absolute Gasteiger partial charge is 0.496 e. The van der Waals surface area contributed by atoms with E-state index in [0.29, 0.717) is 47.9 Å². The summed E-state index contributed by atoms with van der Waals surface area (Å²) in [5.74, 6) is 0.706. The van der Waals surface area contributed by atoms with Crippen molar-refractivity contribution in [2.24, 2.45) is 5.92 Å². The van der Waals surface area contributed by atoms with Crippen LogP contribution in [0.5, 0.6) is 23.0 Å². The number of benzene rings is 3. The Labute approximate surface area is 199 Å². The molecular formula is C27H29NO6. The SMILES string of the molecule is CC[C@H](Cc1ccc(OC)c(C(=O)NCc2ccc(Oc3ccccc3OC)cc2)c1)C(=O)O. The van der Waals surface area contributed by atoms with Gasteiger partial charge in [0.2, 0.25) is 0 Å². The Balaban J connectivity index is 1.65. The van der Waals surface area contributed by atoms with Crippen LogP contribution in [-0.2, 0) is 17.8 Å². The predicted molar refractivity (Wildman–Crippen MR) is 129 cm³/mol. The number of hydrogen-bond acceptors (Lipinski definition) is 5. The first-order valence-electron chi connectivity index (χ1n) is 11.0. The van der Waals surface area contributed by atoms with E-state index in [1.807, 2.05) is 55.5 Å². The maximum absolute atomic E-state index is 12.9. The van der Waals surface area contributed by atoms with Crippen molar-refractivity contribution < 1.29 is 28.9 Å². The summed E-state index contributed by atoms with van der Waals surface area (Å²) < 4.78 is 16.5. The van der Waals surface area contributed by atoms with E-state index in [-0.39, 0.29) is 5.91 Å². The van der Waals surface area contributed by atoms with Crippen LogP contribution in [0.3, 0.4) is 0 Å². The molecular weight excluding hydrogens is 434 g/mol. The highest BCUT2D eigenvalue weighted by Crippen LogP contribution is 2.31. The lowest BCUT2D eigenvalue weighted by atomic mass is 9.95. The fourth-order valence-electron chi connectivity index (χ4n) is 3.53. The van der Waals surface area contributed by atoms with Crippen LogP contribution >= 0.6 is 0 Å². The van der Waals surface area contributed by atoms with E-state index in [1.54, 1.807) is 25.3 Å². The van der Waals surface area contributed by atoms with Gasteiger partial charge in [-0.25, -0.2) is 0 Å². The fourth-order valence-corrected chi connectivity index (χ4v) is 3.53. The van der Waals surface area contributed by atoms with E-state index in [4.69, 9.17) is 14.2 Å². The van der Waals surface area contributed by atoms with Gasteiger partial charge in [0.05, 0.1) is 25.7 Å². The smallest absolute Gasteiger partial charge is 0.306 e. The van der Waals surface area contributed by atoms with Crippen LogP contribution in [0.25, 0.3) is 0 Å². The van der Waals surface area contributed by atoms with Gasteiger partial charge in [-0.3, -0.25) is 9.59 Å². The molecule has 178 valence electrons. The molecule has 0 aliphatic rings. The van der Waals surface area contributed by atoms with Crippen LogP contribution in [0, 0.1) is 5.92 Å². The minimum absolute atomic E-state index is 0.295. The van der Waals surface area contributed by atoms with E-state index >= 15 is 0 Å². The number of amides is 1. The lowest BCUT2D eigenvalue weighted by Crippen LogP contribution is -2.24. The van der Waals surface area contributed by atoms with Crippen LogP contribution in [0.15, 0.2) is 66.7 Å². The number of nitrogens with one attached hydrogen (secondary N) is 1. The molecule has 0 aromatic heterocycles. The molecule has 0 saturated carbocycles. The molecule has 0 bridgehead atoms. The summed E-state index contributed by atoms with van der Waals surface area (Å²) in [5, 5.41) is 12.2. The van der Waals surface area contributed by atoms with Gasteiger partial charge in [-0.1, -0.05) is 37.3 Å². The number of para-hydroxylation sites is 2. The van der Waals surface area contributed by atoms with Gasteiger partial charge < -0.3 is 24.6 Å². The Morgan fingerprint density at radius 1 is 0.882 bits per heavy atom. The van der Waals surface area contributed by atoms with Crippen molar-refractivity contribution >= 4 is 11.9 Å². The second-order valence-corrected chi connectivity index (χ2v) is 7.76. The van der Waals surface area contributed by atoms with Gasteiger partial charge >= 0.3 is 5.97 Å². The van der Waals surface area contributed by atoms with Crippen LogP contribution in [0.2, 0.25) is 0 Å². The fraction of sp³-hybridized carbons (Fsp3) is 0.259. The third-order valence-corrected chi connectivity index (χ3v) is 5.51. The van der Waals surface area contributed by atoms with Crippen molar-refractivity contribution in [1.29, 1.82) is 0 Å². The number of rotatable bonds is 11. The number of carbonyl (C=O) groups is 2. The Morgan fingerprint density at radius 3 is 2.15 bits per heavy atom. The van der Waals surface area contributed by atoms with Crippen LogP contribution < -0.4 is 19.5 Å². The van der Waals surface area contributed by atoms with Gasteiger partial charge in [0.15, 0.2) is 11.5 Å². The van der Waals surface area contributed by atoms with E-state index in [0.717, 1.165) is 11.1 Å². The molecule has 0 spiro atoms. The summed E-state index contributed by atoms with van der Waals surface area (Å²) in [6.45, 7) is 2.15. The zero-order valence-corrected chi connectivity index (χ0v) is 19.5. The molecule has 2 N–H and O–H groups in total. The number of ether oxygens (including phenoxy) is 3. The second-order valence-electron chi connectivity index (χ2n) is 7.76. The minimum atomic E-state index is -0.845. The highest BCUT2D eigenvalue weighted by molar-refractivity contribution is 5.97. The van der Waals surface area contributed by atoms with Crippen molar-refractivity contribution in [3.05, 3.63) is 83.4 Å². The Kier molecular flexibility index (Phi) is 8.51. The number of carbonyl (C=O) groups excluding carboxylic acids is 1. The average molecular weight is 464 g/mol. The molecule has 1 amide bonds. The zero-order valence-electron chi connectivity index (χ0n) is 19.5. The molecule has 0 radical (unpaired) electrons. The molecule has 3 aromatic rings. The molecule has 0 heterocycles. The lowest BCUT2D eigenvalue weighted by molar-refractivity contribution is -0.141. The van der Waals surface area contributed by atoms with Crippen molar-refractivity contribution in [3.63, 3.8) is 0 Å². The maximum Gasteiger partial charge on any atom is 0.306 e. The topological polar surface area (TPSA) is 94.1 Å². The summed E-state index contributed by atoms with van der Waals surface area (Å²) in [6.07, 6.45) is 0.865. The van der Waals surface area contributed by atoms with Gasteiger partial charge in [-0.2, -0.15) is 0 Å². The summed E-state index contributed by atoms with van der Waals surface area (Å²) in [6, 6.07) is 20.0. The van der Waals surface area contributed by atoms with Gasteiger partial charge in [0, 0.05) is 6.54 Å². The molecule has 3 rings (SSSR count). The first kappa shape index (κ1) is 24.6. The van der Waals surface area contributed by atoms with Gasteiger partial charge in [-0.05, 0) is 60.4 Å². The van der Waals surface area contributed by atoms with E-state index < -0.39 is 11.9 Å². The van der Waals surface area contributed by atoms with Crippen molar-refractivity contribution in [2.45, 2.75) is 26.3 Å². The average Bonchev–Trinajstić information content (AvgIpc) is 2.86. The number of hydrogen-bond donors (Lipinski definition) is 2. The van der Waals surface area contributed by atoms with Crippen molar-refractivity contribution in [1.82, 2.24) is 5.32 Å². The molecule has 0 unspecified atom stereocenters. The first-order chi connectivity index (χ1) is 16.4. The number of carboxylic acid groups (broad SMARTS) is 1. The second kappa shape index (κ2) is 11.7. The summed E-state index contributed by atoms with van der Waals surface area (Å²) >= 11 is 0. The van der Waals surface area contributed by atoms with Crippen LogP contribution in [0.1, 0.15) is 34.8 Å². The highest BCUT2D eigenvalue weighted by atomic mass is 16.5. The van der Waals surface area contributed by atoms with Crippen molar-refractivity contribution in [2.75, 3.05) is 14.2 Å². The molecule has 1 atom stereocenters. The molecule has 0 aliphatic heterocycles. The summed E-state index contributed by atoms with van der Waals surface area (Å²) in [7, 11) is 3.09. The van der Waals surface area contributed by atoms with Gasteiger partial charge in [0.1, 0.15) is 11.5 Å².